The molecule has 1 aromatic heterocycles. The van der Waals surface area contributed by atoms with Crippen molar-refractivity contribution in [2.75, 3.05) is 6.54 Å². The van der Waals surface area contributed by atoms with Crippen molar-refractivity contribution >= 4 is 5.91 Å². The van der Waals surface area contributed by atoms with E-state index in [1.165, 1.54) is 83.5 Å². The summed E-state index contributed by atoms with van der Waals surface area (Å²) in [5, 5.41) is 8.04. The first-order valence-electron chi connectivity index (χ1n) is 16.4. The van der Waals surface area contributed by atoms with Gasteiger partial charge in [-0.25, -0.2) is 4.68 Å². The number of amides is 1. The predicted molar refractivity (Wildman–Crippen MR) is 177 cm³/mol. The predicted octanol–water partition coefficient (Wildman–Crippen LogP) is 10.4. The molecule has 0 saturated heterocycles. The largest absolute Gasteiger partial charge is 0.352 e. The summed E-state index contributed by atoms with van der Waals surface area (Å²) in [6, 6.07) is 30.4. The molecule has 1 N–H and O–H groups in total. The van der Waals surface area contributed by atoms with Crippen LogP contribution in [-0.2, 0) is 0 Å². The molecule has 1 amide bonds. The second-order valence-electron chi connectivity index (χ2n) is 11.5. The van der Waals surface area contributed by atoms with Gasteiger partial charge in [-0.1, -0.05) is 151 Å². The van der Waals surface area contributed by atoms with Crippen molar-refractivity contribution in [3.63, 3.8) is 0 Å². The first kappa shape index (κ1) is 31.3. The summed E-state index contributed by atoms with van der Waals surface area (Å²) >= 11 is 0. The van der Waals surface area contributed by atoms with Gasteiger partial charge in [0.1, 0.15) is 0 Å². The summed E-state index contributed by atoms with van der Waals surface area (Å²) in [6.07, 6.45) is 18.7. The van der Waals surface area contributed by atoms with Gasteiger partial charge in [-0.2, -0.15) is 5.10 Å². The zero-order valence-corrected chi connectivity index (χ0v) is 25.6. The lowest BCUT2D eigenvalue weighted by Crippen LogP contribution is -2.24. The van der Waals surface area contributed by atoms with Crippen molar-refractivity contribution in [2.24, 2.45) is 0 Å². The van der Waals surface area contributed by atoms with Crippen molar-refractivity contribution in [1.82, 2.24) is 15.1 Å². The molecule has 0 spiro atoms. The molecule has 4 aromatic rings. The van der Waals surface area contributed by atoms with Crippen molar-refractivity contribution in [3.05, 3.63) is 96.6 Å². The smallest absolute Gasteiger partial charge is 0.251 e. The number of hydrogen-bond donors (Lipinski definition) is 1. The van der Waals surface area contributed by atoms with Crippen LogP contribution in [0.25, 0.3) is 28.2 Å². The molecule has 4 nitrogen and oxygen atoms in total. The zero-order valence-electron chi connectivity index (χ0n) is 25.6. The summed E-state index contributed by atoms with van der Waals surface area (Å²) in [5.74, 6) is -0.00929. The number of nitrogens with one attached hydrogen (secondary N) is 1. The van der Waals surface area contributed by atoms with E-state index in [2.05, 4.69) is 42.6 Å². The molecule has 0 radical (unpaired) electrons. The lowest BCUT2D eigenvalue weighted by Gasteiger charge is -2.09. The summed E-state index contributed by atoms with van der Waals surface area (Å²) in [7, 11) is 0. The summed E-state index contributed by atoms with van der Waals surface area (Å²) < 4.78 is 1.97. The Morgan fingerprint density at radius 2 is 1.12 bits per heavy atom. The molecule has 0 atom stereocenters. The standard InChI is InChI=1S/C38H49N3O/c1-2-3-4-5-6-7-8-9-10-11-12-13-14-21-30-39-38(42)34-26-28-35(29-27-34)41-37(33-24-19-16-20-25-33)31-36(40-41)32-22-17-15-18-23-32/h15-20,22-29,31H,2-14,21,30H2,1H3,(H,39,42). The Labute approximate surface area is 253 Å². The van der Waals surface area contributed by atoms with Crippen LogP contribution in [0.3, 0.4) is 0 Å². The SMILES string of the molecule is CCCCCCCCCCCCCCCCNC(=O)c1ccc(-n2nc(-c3ccccc3)cc2-c2ccccc2)cc1. The highest BCUT2D eigenvalue weighted by Crippen LogP contribution is 2.28. The average molecular weight is 564 g/mol. The third-order valence-corrected chi connectivity index (χ3v) is 8.04. The fourth-order valence-electron chi connectivity index (χ4n) is 5.52. The van der Waals surface area contributed by atoms with E-state index in [4.69, 9.17) is 5.10 Å². The van der Waals surface area contributed by atoms with E-state index in [-0.39, 0.29) is 5.91 Å². The van der Waals surface area contributed by atoms with Crippen LogP contribution in [-0.4, -0.2) is 22.2 Å². The van der Waals surface area contributed by atoms with Crippen LogP contribution < -0.4 is 5.32 Å². The average Bonchev–Trinajstić information content (AvgIpc) is 3.49. The number of hydrogen-bond acceptors (Lipinski definition) is 2. The molecule has 222 valence electrons. The van der Waals surface area contributed by atoms with Crippen LogP contribution in [0.15, 0.2) is 91.0 Å². The molecule has 42 heavy (non-hydrogen) atoms. The molecule has 4 rings (SSSR count). The number of nitrogens with zero attached hydrogens (tertiary/aromatic N) is 2. The minimum Gasteiger partial charge on any atom is -0.352 e. The Bertz CT molecular complexity index is 1300. The highest BCUT2D eigenvalue weighted by molar-refractivity contribution is 5.94. The topological polar surface area (TPSA) is 46.9 Å². The number of aromatic nitrogens is 2. The van der Waals surface area contributed by atoms with E-state index in [0.717, 1.165) is 41.2 Å². The molecule has 0 aliphatic carbocycles. The maximum Gasteiger partial charge on any atom is 0.251 e. The van der Waals surface area contributed by atoms with Crippen LogP contribution in [0.1, 0.15) is 107 Å². The number of unbranched alkanes of at least 4 members (excludes halogenated alkanes) is 13. The van der Waals surface area contributed by atoms with Crippen molar-refractivity contribution in [3.8, 4) is 28.2 Å². The van der Waals surface area contributed by atoms with Gasteiger partial charge in [-0.3, -0.25) is 4.79 Å². The molecule has 0 bridgehead atoms. The molecule has 3 aromatic carbocycles. The second kappa shape index (κ2) is 18.0. The highest BCUT2D eigenvalue weighted by atomic mass is 16.1. The van der Waals surface area contributed by atoms with Crippen LogP contribution >= 0.6 is 0 Å². The third-order valence-electron chi connectivity index (χ3n) is 8.04. The summed E-state index contributed by atoms with van der Waals surface area (Å²) in [5.41, 5.74) is 5.73. The van der Waals surface area contributed by atoms with Crippen LogP contribution in [0.5, 0.6) is 0 Å². The number of benzene rings is 3. The molecule has 0 unspecified atom stereocenters. The van der Waals surface area contributed by atoms with Gasteiger partial charge in [0, 0.05) is 23.2 Å². The Kier molecular flexibility index (Phi) is 13.4. The summed E-state index contributed by atoms with van der Waals surface area (Å²) in [6.45, 7) is 3.01. The fraction of sp³-hybridized carbons (Fsp3) is 0.421. The summed E-state index contributed by atoms with van der Waals surface area (Å²) in [4.78, 5) is 12.8. The number of carbonyl (C=O) groups is 1. The lowest BCUT2D eigenvalue weighted by molar-refractivity contribution is 0.0953. The minimum atomic E-state index is -0.00929. The van der Waals surface area contributed by atoms with E-state index in [0.29, 0.717) is 5.56 Å². The molecule has 0 aliphatic rings. The second-order valence-corrected chi connectivity index (χ2v) is 11.5. The van der Waals surface area contributed by atoms with E-state index >= 15 is 0 Å². The highest BCUT2D eigenvalue weighted by Gasteiger charge is 2.14. The molecule has 0 saturated carbocycles. The normalized spacial score (nSPS) is 11.1. The van der Waals surface area contributed by atoms with Gasteiger partial charge in [0.25, 0.3) is 5.91 Å². The van der Waals surface area contributed by atoms with Gasteiger partial charge in [-0.15, -0.1) is 0 Å². The van der Waals surface area contributed by atoms with Gasteiger partial charge in [-0.05, 0) is 36.8 Å². The minimum absolute atomic E-state index is 0.00929. The van der Waals surface area contributed by atoms with Gasteiger partial charge in [0.05, 0.1) is 17.1 Å². The molecular weight excluding hydrogens is 514 g/mol. The van der Waals surface area contributed by atoms with Crippen LogP contribution in [0.4, 0.5) is 0 Å². The quantitative estimate of drug-likeness (QED) is 0.115. The fourth-order valence-corrected chi connectivity index (χ4v) is 5.52. The van der Waals surface area contributed by atoms with E-state index in [1.54, 1.807) is 0 Å². The molecule has 1 heterocycles. The third kappa shape index (κ3) is 10.0. The van der Waals surface area contributed by atoms with Crippen LogP contribution in [0, 0.1) is 0 Å². The molecular formula is C38H49N3O. The van der Waals surface area contributed by atoms with Gasteiger partial charge < -0.3 is 5.32 Å². The van der Waals surface area contributed by atoms with Crippen LogP contribution in [0.2, 0.25) is 0 Å². The van der Waals surface area contributed by atoms with Crippen molar-refractivity contribution < 1.29 is 4.79 Å². The molecule has 0 aliphatic heterocycles. The first-order chi connectivity index (χ1) is 20.8. The monoisotopic (exact) mass is 563 g/mol. The van der Waals surface area contributed by atoms with Crippen molar-refractivity contribution in [1.29, 1.82) is 0 Å². The zero-order chi connectivity index (χ0) is 29.2. The van der Waals surface area contributed by atoms with E-state index < -0.39 is 0 Å². The Balaban J connectivity index is 1.18. The maximum absolute atomic E-state index is 12.8. The maximum atomic E-state index is 12.8. The van der Waals surface area contributed by atoms with Gasteiger partial charge in [0.15, 0.2) is 0 Å². The Hall–Kier alpha value is -3.66. The molecule has 0 fully saturated rings. The van der Waals surface area contributed by atoms with Crippen molar-refractivity contribution in [2.45, 2.75) is 96.8 Å². The Morgan fingerprint density at radius 3 is 1.67 bits per heavy atom. The van der Waals surface area contributed by atoms with E-state index in [9.17, 15) is 4.79 Å². The number of rotatable bonds is 19. The van der Waals surface area contributed by atoms with E-state index in [1.807, 2.05) is 65.3 Å². The van der Waals surface area contributed by atoms with Gasteiger partial charge >= 0.3 is 0 Å². The molecule has 4 heteroatoms. The van der Waals surface area contributed by atoms with Gasteiger partial charge in [0.2, 0.25) is 0 Å². The lowest BCUT2D eigenvalue weighted by atomic mass is 10.0. The number of carbonyl (C=O) groups excluding carboxylic acids is 1. The first-order valence-corrected chi connectivity index (χ1v) is 16.4. The Morgan fingerprint density at radius 1 is 0.619 bits per heavy atom.